The Balaban J connectivity index is 1.89. The zero-order valence-electron chi connectivity index (χ0n) is 14.4. The maximum absolute atomic E-state index is 13.0. The summed E-state index contributed by atoms with van der Waals surface area (Å²) >= 11 is 0. The van der Waals surface area contributed by atoms with Gasteiger partial charge < -0.3 is 10.2 Å². The van der Waals surface area contributed by atoms with Gasteiger partial charge in [0.25, 0.3) is 5.91 Å². The number of sulfonamides is 1. The number of rotatable bonds is 4. The molecule has 1 aromatic rings. The Morgan fingerprint density at radius 2 is 2.00 bits per heavy atom. The Morgan fingerprint density at radius 1 is 1.29 bits per heavy atom. The van der Waals surface area contributed by atoms with Crippen molar-refractivity contribution in [2.24, 2.45) is 0 Å². The number of carbonyl (C=O) groups is 1. The van der Waals surface area contributed by atoms with Gasteiger partial charge >= 0.3 is 0 Å². The summed E-state index contributed by atoms with van der Waals surface area (Å²) in [5.41, 5.74) is 1.26. The third kappa shape index (κ3) is 3.48. The van der Waals surface area contributed by atoms with Gasteiger partial charge in [-0.05, 0) is 51.3 Å². The molecular formula is C17H25N3O3S. The molecule has 24 heavy (non-hydrogen) atoms. The molecule has 7 heteroatoms. The normalized spacial score (nSPS) is 24.9. The van der Waals surface area contributed by atoms with Gasteiger partial charge in [-0.25, -0.2) is 13.1 Å². The van der Waals surface area contributed by atoms with E-state index in [1.54, 1.807) is 12.1 Å². The first-order valence-electron chi connectivity index (χ1n) is 8.47. The molecule has 0 radical (unpaired) electrons. The lowest BCUT2D eigenvalue weighted by Gasteiger charge is -2.39. The SMILES string of the molecule is Cc1ccc(S(=O)(=O)NC2CC2)cc1C(=O)N1CCNC(C)C1C. The molecule has 2 unspecified atom stereocenters. The molecule has 2 atom stereocenters. The van der Waals surface area contributed by atoms with Crippen molar-refractivity contribution in [2.75, 3.05) is 13.1 Å². The van der Waals surface area contributed by atoms with Crippen LogP contribution in [0.5, 0.6) is 0 Å². The minimum atomic E-state index is -3.56. The van der Waals surface area contributed by atoms with Gasteiger partial charge in [0.2, 0.25) is 10.0 Å². The van der Waals surface area contributed by atoms with Crippen molar-refractivity contribution in [3.63, 3.8) is 0 Å². The fourth-order valence-electron chi connectivity index (χ4n) is 2.99. The van der Waals surface area contributed by atoms with Crippen LogP contribution in [0, 0.1) is 6.92 Å². The van der Waals surface area contributed by atoms with Gasteiger partial charge in [-0.3, -0.25) is 4.79 Å². The van der Waals surface area contributed by atoms with E-state index < -0.39 is 10.0 Å². The summed E-state index contributed by atoms with van der Waals surface area (Å²) < 4.78 is 27.5. The molecule has 6 nitrogen and oxygen atoms in total. The lowest BCUT2D eigenvalue weighted by atomic mass is 10.0. The monoisotopic (exact) mass is 351 g/mol. The van der Waals surface area contributed by atoms with Gasteiger partial charge in [0.1, 0.15) is 0 Å². The Morgan fingerprint density at radius 3 is 2.67 bits per heavy atom. The molecule has 3 rings (SSSR count). The maximum Gasteiger partial charge on any atom is 0.254 e. The molecule has 2 aliphatic rings. The first-order chi connectivity index (χ1) is 11.3. The zero-order valence-corrected chi connectivity index (χ0v) is 15.2. The van der Waals surface area contributed by atoms with Crippen LogP contribution < -0.4 is 10.0 Å². The van der Waals surface area contributed by atoms with Crippen molar-refractivity contribution >= 4 is 15.9 Å². The third-order valence-electron chi connectivity index (χ3n) is 4.94. The van der Waals surface area contributed by atoms with Crippen molar-refractivity contribution in [3.05, 3.63) is 29.3 Å². The number of benzene rings is 1. The van der Waals surface area contributed by atoms with Crippen LogP contribution in [0.25, 0.3) is 0 Å². The van der Waals surface area contributed by atoms with Crippen LogP contribution in [0.1, 0.15) is 42.6 Å². The molecular weight excluding hydrogens is 326 g/mol. The number of piperazine rings is 1. The Hall–Kier alpha value is -1.44. The fourth-order valence-corrected chi connectivity index (χ4v) is 4.32. The van der Waals surface area contributed by atoms with E-state index in [0.29, 0.717) is 12.1 Å². The summed E-state index contributed by atoms with van der Waals surface area (Å²) in [5, 5.41) is 3.35. The second-order valence-electron chi connectivity index (χ2n) is 6.85. The summed E-state index contributed by atoms with van der Waals surface area (Å²) in [6.45, 7) is 7.28. The van der Waals surface area contributed by atoms with Gasteiger partial charge in [-0.15, -0.1) is 0 Å². The molecule has 1 saturated carbocycles. The summed E-state index contributed by atoms with van der Waals surface area (Å²) in [6, 6.07) is 5.12. The second kappa shape index (κ2) is 6.46. The molecule has 0 aromatic heterocycles. The van der Waals surface area contributed by atoms with Gasteiger partial charge in [0.05, 0.1) is 4.90 Å². The minimum Gasteiger partial charge on any atom is -0.333 e. The van der Waals surface area contributed by atoms with Crippen molar-refractivity contribution in [2.45, 2.75) is 56.6 Å². The highest BCUT2D eigenvalue weighted by Crippen LogP contribution is 2.24. The highest BCUT2D eigenvalue weighted by molar-refractivity contribution is 7.89. The van der Waals surface area contributed by atoms with Crippen LogP contribution in [0.2, 0.25) is 0 Å². The maximum atomic E-state index is 13.0. The quantitative estimate of drug-likeness (QED) is 0.856. The fraction of sp³-hybridized carbons (Fsp3) is 0.588. The lowest BCUT2D eigenvalue weighted by Crippen LogP contribution is -2.57. The largest absolute Gasteiger partial charge is 0.333 e. The minimum absolute atomic E-state index is 0.0458. The van der Waals surface area contributed by atoms with Crippen LogP contribution in [0.3, 0.4) is 0 Å². The van der Waals surface area contributed by atoms with Crippen molar-refractivity contribution < 1.29 is 13.2 Å². The Labute approximate surface area is 143 Å². The average Bonchev–Trinajstić information content (AvgIpc) is 3.33. The molecule has 1 amide bonds. The molecule has 0 bridgehead atoms. The first kappa shape index (κ1) is 17.4. The summed E-state index contributed by atoms with van der Waals surface area (Å²) in [6.07, 6.45) is 1.76. The number of hydrogen-bond acceptors (Lipinski definition) is 4. The van der Waals surface area contributed by atoms with Gasteiger partial charge in [-0.1, -0.05) is 6.07 Å². The Bertz CT molecular complexity index is 743. The van der Waals surface area contributed by atoms with Crippen molar-refractivity contribution in [3.8, 4) is 0 Å². The smallest absolute Gasteiger partial charge is 0.254 e. The first-order valence-corrected chi connectivity index (χ1v) is 9.95. The van der Waals surface area contributed by atoms with E-state index in [4.69, 9.17) is 0 Å². The van der Waals surface area contributed by atoms with E-state index >= 15 is 0 Å². The molecule has 132 valence electrons. The van der Waals surface area contributed by atoms with Crippen LogP contribution in [-0.4, -0.2) is 50.4 Å². The molecule has 2 N–H and O–H groups in total. The molecule has 0 spiro atoms. The van der Waals surface area contributed by atoms with Gasteiger partial charge in [-0.2, -0.15) is 0 Å². The number of carbonyl (C=O) groups excluding carboxylic acids is 1. The number of amides is 1. The number of nitrogens with one attached hydrogen (secondary N) is 2. The highest BCUT2D eigenvalue weighted by Gasteiger charge is 2.31. The second-order valence-corrected chi connectivity index (χ2v) is 8.57. The summed E-state index contributed by atoms with van der Waals surface area (Å²) in [4.78, 5) is 15.0. The van der Waals surface area contributed by atoms with Crippen LogP contribution in [0.4, 0.5) is 0 Å². The number of hydrogen-bond donors (Lipinski definition) is 2. The van der Waals surface area contributed by atoms with E-state index in [1.807, 2.05) is 18.7 Å². The molecule has 1 aliphatic carbocycles. The van der Waals surface area contributed by atoms with E-state index in [-0.39, 0.29) is 28.9 Å². The topological polar surface area (TPSA) is 78.5 Å². The van der Waals surface area contributed by atoms with E-state index in [0.717, 1.165) is 24.9 Å². The molecule has 2 fully saturated rings. The van der Waals surface area contributed by atoms with Gasteiger partial charge in [0.15, 0.2) is 0 Å². The molecule has 1 heterocycles. The average molecular weight is 351 g/mol. The zero-order chi connectivity index (χ0) is 17.5. The molecule has 1 aromatic carbocycles. The van der Waals surface area contributed by atoms with Crippen LogP contribution >= 0.6 is 0 Å². The lowest BCUT2D eigenvalue weighted by molar-refractivity contribution is 0.0602. The molecule has 1 saturated heterocycles. The van der Waals surface area contributed by atoms with Crippen molar-refractivity contribution in [1.82, 2.24) is 14.9 Å². The predicted octanol–water partition coefficient (Wildman–Crippen LogP) is 1.26. The number of nitrogens with zero attached hydrogens (tertiary/aromatic N) is 1. The van der Waals surface area contributed by atoms with E-state index in [9.17, 15) is 13.2 Å². The third-order valence-corrected chi connectivity index (χ3v) is 6.46. The van der Waals surface area contributed by atoms with Gasteiger partial charge in [0, 0.05) is 36.8 Å². The van der Waals surface area contributed by atoms with Crippen LogP contribution in [0.15, 0.2) is 23.1 Å². The summed E-state index contributed by atoms with van der Waals surface area (Å²) in [5.74, 6) is -0.100. The van der Waals surface area contributed by atoms with E-state index in [2.05, 4.69) is 17.0 Å². The summed E-state index contributed by atoms with van der Waals surface area (Å²) in [7, 11) is -3.56. The highest BCUT2D eigenvalue weighted by atomic mass is 32.2. The Kier molecular flexibility index (Phi) is 4.68. The van der Waals surface area contributed by atoms with E-state index in [1.165, 1.54) is 6.07 Å². The standard InChI is InChI=1S/C17H25N3O3S/c1-11-4-7-15(24(22,23)19-14-5-6-14)10-16(11)17(21)20-9-8-18-12(2)13(20)3/h4,7,10,12-14,18-19H,5-6,8-9H2,1-3H3. The van der Waals surface area contributed by atoms with Crippen molar-refractivity contribution in [1.29, 1.82) is 0 Å². The predicted molar refractivity (Wildman–Crippen MR) is 92.5 cm³/mol. The van der Waals surface area contributed by atoms with Crippen LogP contribution in [-0.2, 0) is 10.0 Å². The number of aryl methyl sites for hydroxylation is 1. The molecule has 1 aliphatic heterocycles.